The Morgan fingerprint density at radius 1 is 1.17 bits per heavy atom. The molecular formula is C17H19N5O7S. The number of hydrogen-bond acceptors (Lipinski definition) is 8. The molecule has 0 heterocycles. The number of ether oxygens (including phenoxy) is 1. The Kier molecular flexibility index (Phi) is 7.27. The van der Waals surface area contributed by atoms with Crippen LogP contribution < -0.4 is 26.2 Å². The van der Waals surface area contributed by atoms with Gasteiger partial charge in [0.25, 0.3) is 11.6 Å². The smallest absolute Gasteiger partial charge is 0.293 e. The number of benzene rings is 2. The monoisotopic (exact) mass is 437 g/mol. The number of hydrogen-bond donors (Lipinski definition) is 4. The maximum Gasteiger partial charge on any atom is 0.293 e. The van der Waals surface area contributed by atoms with Crippen LogP contribution in [0.3, 0.4) is 0 Å². The maximum atomic E-state index is 12.1. The van der Waals surface area contributed by atoms with Crippen LogP contribution in [-0.2, 0) is 19.6 Å². The van der Waals surface area contributed by atoms with E-state index in [2.05, 4.69) is 10.6 Å². The first kappa shape index (κ1) is 22.6. The van der Waals surface area contributed by atoms with Crippen molar-refractivity contribution >= 4 is 38.9 Å². The third-order valence-electron chi connectivity index (χ3n) is 3.66. The number of primary amides is 1. The first-order chi connectivity index (χ1) is 14.1. The molecule has 0 aromatic heterocycles. The lowest BCUT2D eigenvalue weighted by molar-refractivity contribution is -0.384. The van der Waals surface area contributed by atoms with Crippen molar-refractivity contribution in [1.29, 1.82) is 0 Å². The highest BCUT2D eigenvalue weighted by Gasteiger charge is 2.19. The summed E-state index contributed by atoms with van der Waals surface area (Å²) in [6.45, 7) is -0.260. The number of anilines is 2. The fraction of sp³-hybridized carbons (Fsp3) is 0.176. The average Bonchev–Trinajstić information content (AvgIpc) is 2.66. The third kappa shape index (κ3) is 6.72. The highest BCUT2D eigenvalue weighted by molar-refractivity contribution is 7.89. The van der Waals surface area contributed by atoms with Crippen molar-refractivity contribution in [3.8, 4) is 5.75 Å². The summed E-state index contributed by atoms with van der Waals surface area (Å²) in [5.41, 5.74) is 4.98. The number of rotatable bonds is 10. The molecule has 0 saturated heterocycles. The quantitative estimate of drug-likeness (QED) is 0.305. The van der Waals surface area contributed by atoms with E-state index in [1.54, 1.807) is 18.2 Å². The molecule has 12 nitrogen and oxygen atoms in total. The van der Waals surface area contributed by atoms with Crippen molar-refractivity contribution in [2.45, 2.75) is 11.3 Å². The molecule has 2 aromatic rings. The summed E-state index contributed by atoms with van der Waals surface area (Å²) >= 11 is 0. The van der Waals surface area contributed by atoms with E-state index < -0.39 is 37.3 Å². The molecule has 2 rings (SSSR count). The number of sulfonamides is 1. The van der Waals surface area contributed by atoms with Crippen molar-refractivity contribution in [1.82, 2.24) is 0 Å². The van der Waals surface area contributed by atoms with Crippen molar-refractivity contribution in [2.24, 2.45) is 10.9 Å². The van der Waals surface area contributed by atoms with Gasteiger partial charge in [0.2, 0.25) is 15.9 Å². The first-order valence-corrected chi connectivity index (χ1v) is 9.97. The molecule has 0 spiro atoms. The SMILES string of the molecule is NC(=O)COc1cccc(NC(=O)CCNc2ccc(S(N)(=O)=O)cc2[N+](=O)[O-])c1. The Bertz CT molecular complexity index is 1070. The molecular weight excluding hydrogens is 418 g/mol. The molecule has 30 heavy (non-hydrogen) atoms. The Morgan fingerprint density at radius 3 is 2.53 bits per heavy atom. The van der Waals surface area contributed by atoms with Crippen LogP contribution in [0.25, 0.3) is 0 Å². The predicted octanol–water partition coefficient (Wildman–Crippen LogP) is 0.547. The lowest BCUT2D eigenvalue weighted by atomic mass is 10.2. The van der Waals surface area contributed by atoms with Gasteiger partial charge in [0.05, 0.1) is 9.82 Å². The molecule has 0 saturated carbocycles. The van der Waals surface area contributed by atoms with Crippen molar-refractivity contribution in [3.63, 3.8) is 0 Å². The minimum atomic E-state index is -4.09. The molecule has 0 radical (unpaired) electrons. The summed E-state index contributed by atoms with van der Waals surface area (Å²) in [6.07, 6.45) is -0.0412. The van der Waals surface area contributed by atoms with Gasteiger partial charge in [-0.15, -0.1) is 0 Å². The molecule has 0 bridgehead atoms. The predicted molar refractivity (Wildman–Crippen MR) is 107 cm³/mol. The Hall–Kier alpha value is -3.71. The van der Waals surface area contributed by atoms with Crippen molar-refractivity contribution < 1.29 is 27.7 Å². The minimum Gasteiger partial charge on any atom is -0.484 e. The molecule has 6 N–H and O–H groups in total. The van der Waals surface area contributed by atoms with Crippen LogP contribution in [0.2, 0.25) is 0 Å². The molecule has 0 atom stereocenters. The van der Waals surface area contributed by atoms with E-state index >= 15 is 0 Å². The second kappa shape index (κ2) is 9.67. The average molecular weight is 437 g/mol. The molecule has 0 fully saturated rings. The Balaban J connectivity index is 1.95. The number of amides is 2. The van der Waals surface area contributed by atoms with Crippen LogP contribution in [0.15, 0.2) is 47.4 Å². The van der Waals surface area contributed by atoms with Gasteiger partial charge in [-0.25, -0.2) is 13.6 Å². The Morgan fingerprint density at radius 2 is 1.90 bits per heavy atom. The summed E-state index contributed by atoms with van der Waals surface area (Å²) in [6, 6.07) is 9.49. The number of nitrogens with two attached hydrogens (primary N) is 2. The van der Waals surface area contributed by atoms with Gasteiger partial charge in [-0.3, -0.25) is 19.7 Å². The van der Waals surface area contributed by atoms with E-state index in [0.29, 0.717) is 11.4 Å². The van der Waals surface area contributed by atoms with Crippen LogP contribution in [0.4, 0.5) is 17.1 Å². The summed E-state index contributed by atoms with van der Waals surface area (Å²) in [7, 11) is -4.09. The first-order valence-electron chi connectivity index (χ1n) is 8.42. The van der Waals surface area contributed by atoms with Crippen molar-refractivity contribution in [3.05, 3.63) is 52.6 Å². The molecule has 0 unspecified atom stereocenters. The van der Waals surface area contributed by atoms with Crippen LogP contribution in [-0.4, -0.2) is 38.3 Å². The second-order valence-electron chi connectivity index (χ2n) is 5.99. The van der Waals surface area contributed by atoms with Gasteiger partial charge >= 0.3 is 0 Å². The number of nitro benzene ring substituents is 1. The van der Waals surface area contributed by atoms with Gasteiger partial charge in [-0.1, -0.05) is 6.07 Å². The normalized spacial score (nSPS) is 10.8. The largest absolute Gasteiger partial charge is 0.484 e. The number of carbonyl (C=O) groups excluding carboxylic acids is 2. The van der Waals surface area contributed by atoms with E-state index in [1.807, 2.05) is 0 Å². The zero-order valence-corrected chi connectivity index (χ0v) is 16.3. The zero-order valence-electron chi connectivity index (χ0n) is 15.5. The highest BCUT2D eigenvalue weighted by atomic mass is 32.2. The fourth-order valence-electron chi connectivity index (χ4n) is 2.34. The van der Waals surface area contributed by atoms with Gasteiger partial charge in [0.1, 0.15) is 11.4 Å². The van der Waals surface area contributed by atoms with Gasteiger partial charge in [-0.2, -0.15) is 0 Å². The molecule has 0 aliphatic carbocycles. The molecule has 0 aliphatic rings. The van der Waals surface area contributed by atoms with Crippen LogP contribution in [0, 0.1) is 10.1 Å². The summed E-state index contributed by atoms with van der Waals surface area (Å²) in [5, 5.41) is 21.5. The Labute approximate surface area is 171 Å². The minimum absolute atomic E-state index is 0.0409. The number of nitro groups is 1. The van der Waals surface area contributed by atoms with E-state index in [1.165, 1.54) is 12.1 Å². The highest BCUT2D eigenvalue weighted by Crippen LogP contribution is 2.27. The molecule has 13 heteroatoms. The van der Waals surface area contributed by atoms with Gasteiger partial charge in [-0.05, 0) is 24.3 Å². The number of nitrogens with zero attached hydrogens (tertiary/aromatic N) is 1. The van der Waals surface area contributed by atoms with Crippen LogP contribution >= 0.6 is 0 Å². The van der Waals surface area contributed by atoms with Gasteiger partial charge in [0.15, 0.2) is 6.61 Å². The number of primary sulfonamides is 1. The third-order valence-corrected chi connectivity index (χ3v) is 4.57. The molecule has 0 aliphatic heterocycles. The fourth-order valence-corrected chi connectivity index (χ4v) is 2.87. The number of nitrogens with one attached hydrogen (secondary N) is 2. The van der Waals surface area contributed by atoms with Crippen LogP contribution in [0.5, 0.6) is 5.75 Å². The summed E-state index contributed by atoms with van der Waals surface area (Å²) in [5.74, 6) is -0.685. The van der Waals surface area contributed by atoms with E-state index in [-0.39, 0.29) is 25.3 Å². The molecule has 2 amide bonds. The van der Waals surface area contributed by atoms with E-state index in [0.717, 1.165) is 12.1 Å². The lowest BCUT2D eigenvalue weighted by Crippen LogP contribution is -2.20. The molecule has 2 aromatic carbocycles. The summed E-state index contributed by atoms with van der Waals surface area (Å²) in [4.78, 5) is 32.9. The van der Waals surface area contributed by atoms with Gasteiger partial charge in [0, 0.05) is 30.8 Å². The zero-order chi connectivity index (χ0) is 22.3. The topological polar surface area (TPSA) is 197 Å². The second-order valence-corrected chi connectivity index (χ2v) is 7.55. The summed E-state index contributed by atoms with van der Waals surface area (Å²) < 4.78 is 27.8. The van der Waals surface area contributed by atoms with Crippen molar-refractivity contribution in [2.75, 3.05) is 23.8 Å². The van der Waals surface area contributed by atoms with Gasteiger partial charge < -0.3 is 21.1 Å². The lowest BCUT2D eigenvalue weighted by Gasteiger charge is -2.10. The molecule has 160 valence electrons. The standard InChI is InChI=1S/C17H19N5O7S/c18-16(23)10-29-12-3-1-2-11(8-12)21-17(24)6-7-20-14-5-4-13(30(19,27)28)9-15(14)22(25)26/h1-5,8-9,20H,6-7,10H2,(H2,18,23)(H,21,24)(H2,19,27,28). The number of carbonyl (C=O) groups is 2. The van der Waals surface area contributed by atoms with E-state index in [9.17, 15) is 28.1 Å². The van der Waals surface area contributed by atoms with E-state index in [4.69, 9.17) is 15.6 Å². The maximum absolute atomic E-state index is 12.1. The van der Waals surface area contributed by atoms with Crippen LogP contribution in [0.1, 0.15) is 6.42 Å².